The summed E-state index contributed by atoms with van der Waals surface area (Å²) in [5.41, 5.74) is 0. The zero-order chi connectivity index (χ0) is 12.5. The van der Waals surface area contributed by atoms with Crippen molar-refractivity contribution in [2.75, 3.05) is 0 Å². The molecule has 3 unspecified atom stereocenters. The van der Waals surface area contributed by atoms with Crippen LogP contribution >= 0.6 is 0 Å². The molecule has 0 aromatic heterocycles. The molecule has 0 spiro atoms. The summed E-state index contributed by atoms with van der Waals surface area (Å²) in [7, 11) is -3.47. The third-order valence-corrected chi connectivity index (χ3v) is 5.17. The largest absolute Gasteiger partial charge is 0.391 e. The van der Waals surface area contributed by atoms with Crippen LogP contribution in [0.2, 0.25) is 0 Å². The van der Waals surface area contributed by atoms with E-state index in [4.69, 9.17) is 0 Å². The lowest BCUT2D eigenvalue weighted by Gasteiger charge is -2.26. The highest BCUT2D eigenvalue weighted by molar-refractivity contribution is 7.92. The van der Waals surface area contributed by atoms with E-state index in [1.54, 1.807) is 36.4 Å². The second kappa shape index (κ2) is 4.63. The Kier molecular flexibility index (Phi) is 3.35. The fraction of sp³-hybridized carbons (Fsp3) is 0.385. The van der Waals surface area contributed by atoms with E-state index in [0.29, 0.717) is 6.42 Å². The summed E-state index contributed by atoms with van der Waals surface area (Å²) in [4.78, 5) is 0.267. The lowest BCUT2D eigenvalue weighted by molar-refractivity contribution is 0.152. The molecule has 0 amide bonds. The molecule has 0 radical (unpaired) electrons. The molecule has 1 aliphatic rings. The second-order valence-corrected chi connectivity index (χ2v) is 6.59. The predicted molar refractivity (Wildman–Crippen MR) is 66.3 cm³/mol. The number of hydrogen-bond donors (Lipinski definition) is 1. The van der Waals surface area contributed by atoms with Crippen LogP contribution in [0, 0.1) is 5.92 Å². The summed E-state index contributed by atoms with van der Waals surface area (Å²) in [5.74, 6) is 0.229. The third-order valence-electron chi connectivity index (χ3n) is 3.05. The van der Waals surface area contributed by atoms with Crippen molar-refractivity contribution in [1.82, 2.24) is 0 Å². The molecule has 3 atom stereocenters. The molecular weight excluding hydrogens is 236 g/mol. The van der Waals surface area contributed by atoms with Gasteiger partial charge in [-0.25, -0.2) is 8.42 Å². The van der Waals surface area contributed by atoms with Crippen LogP contribution in [-0.2, 0) is 9.84 Å². The van der Waals surface area contributed by atoms with E-state index in [0.717, 1.165) is 0 Å². The minimum atomic E-state index is -3.47. The number of rotatable bonds is 2. The lowest BCUT2D eigenvalue weighted by Crippen LogP contribution is -2.36. The van der Waals surface area contributed by atoms with Gasteiger partial charge in [-0.2, -0.15) is 0 Å². The number of hydrogen-bond acceptors (Lipinski definition) is 3. The van der Waals surface area contributed by atoms with Crippen molar-refractivity contribution >= 4 is 9.84 Å². The fourth-order valence-corrected chi connectivity index (χ4v) is 3.77. The zero-order valence-electron chi connectivity index (χ0n) is 9.65. The van der Waals surface area contributed by atoms with Gasteiger partial charge >= 0.3 is 0 Å². The first-order valence-electron chi connectivity index (χ1n) is 5.67. The van der Waals surface area contributed by atoms with Gasteiger partial charge in [0.1, 0.15) is 5.25 Å². The molecule has 17 heavy (non-hydrogen) atoms. The van der Waals surface area contributed by atoms with Crippen LogP contribution in [0.15, 0.2) is 47.4 Å². The van der Waals surface area contributed by atoms with Crippen LogP contribution in [0.25, 0.3) is 0 Å². The first-order valence-corrected chi connectivity index (χ1v) is 7.22. The Labute approximate surface area is 102 Å². The van der Waals surface area contributed by atoms with Crippen molar-refractivity contribution in [3.05, 3.63) is 42.5 Å². The van der Waals surface area contributed by atoms with Crippen molar-refractivity contribution in [3.8, 4) is 0 Å². The third kappa shape index (κ3) is 2.42. The van der Waals surface area contributed by atoms with Crippen molar-refractivity contribution in [3.63, 3.8) is 0 Å². The average molecular weight is 252 g/mol. The van der Waals surface area contributed by atoms with E-state index < -0.39 is 21.2 Å². The Balaban J connectivity index is 2.37. The highest BCUT2D eigenvalue weighted by Crippen LogP contribution is 2.26. The van der Waals surface area contributed by atoms with E-state index in [9.17, 15) is 13.5 Å². The lowest BCUT2D eigenvalue weighted by atomic mass is 9.95. The van der Waals surface area contributed by atoms with E-state index in [-0.39, 0.29) is 10.8 Å². The van der Waals surface area contributed by atoms with Gasteiger partial charge in [-0.05, 0) is 24.5 Å². The minimum Gasteiger partial charge on any atom is -0.391 e. The monoisotopic (exact) mass is 252 g/mol. The highest BCUT2D eigenvalue weighted by Gasteiger charge is 2.34. The van der Waals surface area contributed by atoms with Crippen molar-refractivity contribution in [2.45, 2.75) is 29.6 Å². The summed E-state index contributed by atoms with van der Waals surface area (Å²) in [5, 5.41) is 9.09. The normalized spacial score (nSPS) is 29.2. The molecule has 1 aliphatic carbocycles. The zero-order valence-corrected chi connectivity index (χ0v) is 10.5. The number of allylic oxidation sites excluding steroid dienone is 1. The van der Waals surface area contributed by atoms with Gasteiger partial charge in [-0.3, -0.25) is 0 Å². The first-order chi connectivity index (χ1) is 8.01. The van der Waals surface area contributed by atoms with Gasteiger partial charge in [0.25, 0.3) is 0 Å². The summed E-state index contributed by atoms with van der Waals surface area (Å²) in [6.07, 6.45) is 3.15. The molecule has 0 bridgehead atoms. The van der Waals surface area contributed by atoms with E-state index in [1.807, 2.05) is 13.0 Å². The number of benzene rings is 1. The van der Waals surface area contributed by atoms with Crippen molar-refractivity contribution in [2.24, 2.45) is 5.92 Å². The summed E-state index contributed by atoms with van der Waals surface area (Å²) in [6, 6.07) is 8.28. The summed E-state index contributed by atoms with van der Waals surface area (Å²) in [6.45, 7) is 1.96. The quantitative estimate of drug-likeness (QED) is 0.816. The predicted octanol–water partition coefficient (Wildman–Crippen LogP) is 1.79. The molecule has 1 aromatic carbocycles. The number of aliphatic hydroxyl groups excluding tert-OH is 1. The molecule has 4 heteroatoms. The molecule has 0 heterocycles. The topological polar surface area (TPSA) is 54.4 Å². The van der Waals surface area contributed by atoms with Gasteiger partial charge in [0, 0.05) is 0 Å². The average Bonchev–Trinajstić information content (AvgIpc) is 2.29. The maximum absolute atomic E-state index is 12.3. The van der Waals surface area contributed by atoms with E-state index in [1.165, 1.54) is 0 Å². The Morgan fingerprint density at radius 3 is 2.41 bits per heavy atom. The van der Waals surface area contributed by atoms with Crippen LogP contribution < -0.4 is 0 Å². The van der Waals surface area contributed by atoms with Gasteiger partial charge in [-0.15, -0.1) is 0 Å². The maximum atomic E-state index is 12.3. The molecule has 0 fully saturated rings. The minimum absolute atomic E-state index is 0.229. The molecule has 92 valence electrons. The molecular formula is C13H16O3S. The maximum Gasteiger partial charge on any atom is 0.187 e. The smallest absolute Gasteiger partial charge is 0.187 e. The van der Waals surface area contributed by atoms with E-state index in [2.05, 4.69) is 0 Å². The molecule has 3 nitrogen and oxygen atoms in total. The van der Waals surface area contributed by atoms with Crippen molar-refractivity contribution in [1.29, 1.82) is 0 Å². The number of sulfone groups is 1. The van der Waals surface area contributed by atoms with Crippen LogP contribution in [0.5, 0.6) is 0 Å². The van der Waals surface area contributed by atoms with Gasteiger partial charge in [0.05, 0.1) is 11.0 Å². The van der Waals surface area contributed by atoms with Crippen LogP contribution in [0.3, 0.4) is 0 Å². The van der Waals surface area contributed by atoms with E-state index >= 15 is 0 Å². The molecule has 1 aromatic rings. The van der Waals surface area contributed by atoms with Gasteiger partial charge in [0.15, 0.2) is 9.84 Å². The molecule has 0 saturated carbocycles. The summed E-state index contributed by atoms with van der Waals surface area (Å²) >= 11 is 0. The molecule has 0 aliphatic heterocycles. The summed E-state index contributed by atoms with van der Waals surface area (Å²) < 4.78 is 24.6. The molecule has 0 saturated heterocycles. The Bertz CT molecular complexity index is 505. The highest BCUT2D eigenvalue weighted by atomic mass is 32.2. The fourth-order valence-electron chi connectivity index (χ4n) is 2.10. The van der Waals surface area contributed by atoms with Crippen LogP contribution in [-0.4, -0.2) is 24.9 Å². The Morgan fingerprint density at radius 1 is 1.18 bits per heavy atom. The Morgan fingerprint density at radius 2 is 1.82 bits per heavy atom. The Hall–Kier alpha value is -1.13. The first kappa shape index (κ1) is 12.3. The van der Waals surface area contributed by atoms with Crippen molar-refractivity contribution < 1.29 is 13.5 Å². The van der Waals surface area contributed by atoms with Crippen LogP contribution in [0.1, 0.15) is 13.3 Å². The standard InChI is InChI=1S/C13H16O3S/c1-10-7-8-13(12(14)9-10)17(15,16)11-5-3-2-4-6-11/h2-8,10,12-14H,9H2,1H3. The van der Waals surface area contributed by atoms with Gasteiger partial charge in [-0.1, -0.05) is 37.3 Å². The molecule has 2 rings (SSSR count). The molecule has 1 N–H and O–H groups in total. The SMILES string of the molecule is CC1C=CC(S(=O)(=O)c2ccccc2)C(O)C1. The van der Waals surface area contributed by atoms with Gasteiger partial charge in [0.2, 0.25) is 0 Å². The van der Waals surface area contributed by atoms with Crippen LogP contribution in [0.4, 0.5) is 0 Å². The van der Waals surface area contributed by atoms with Gasteiger partial charge < -0.3 is 5.11 Å². The second-order valence-electron chi connectivity index (χ2n) is 4.49. The number of aliphatic hydroxyl groups is 1.